The summed E-state index contributed by atoms with van der Waals surface area (Å²) in [5, 5.41) is 11.1. The lowest BCUT2D eigenvalue weighted by Crippen LogP contribution is -2.27. The number of aryl methyl sites for hydroxylation is 1. The van der Waals surface area contributed by atoms with Gasteiger partial charge < -0.3 is 9.30 Å². The van der Waals surface area contributed by atoms with Gasteiger partial charge >= 0.3 is 5.97 Å². The number of benzene rings is 1. The Balaban J connectivity index is 1.45. The molecule has 8 heteroatoms. The molecule has 3 aromatic rings. The summed E-state index contributed by atoms with van der Waals surface area (Å²) in [6.45, 7) is 3.64. The monoisotopic (exact) mass is 393 g/mol. The molecule has 0 bridgehead atoms. The van der Waals surface area contributed by atoms with Crippen LogP contribution in [0.2, 0.25) is 0 Å². The van der Waals surface area contributed by atoms with E-state index in [0.717, 1.165) is 29.8 Å². The van der Waals surface area contributed by atoms with Crippen molar-refractivity contribution in [3.05, 3.63) is 65.2 Å². The summed E-state index contributed by atoms with van der Waals surface area (Å²) in [5.41, 5.74) is 3.57. The van der Waals surface area contributed by atoms with Crippen molar-refractivity contribution in [1.29, 1.82) is 0 Å². The van der Waals surface area contributed by atoms with Crippen molar-refractivity contribution < 1.29 is 14.3 Å². The highest BCUT2D eigenvalue weighted by Gasteiger charge is 2.29. The smallest absolute Gasteiger partial charge is 0.331 e. The summed E-state index contributed by atoms with van der Waals surface area (Å²) in [4.78, 5) is 25.5. The number of hydrogen-bond acceptors (Lipinski definition) is 6. The molecule has 1 aromatic carbocycles. The normalized spacial score (nSPS) is 14.6. The van der Waals surface area contributed by atoms with Crippen LogP contribution in [0, 0.1) is 13.8 Å². The van der Waals surface area contributed by atoms with Crippen LogP contribution in [0.25, 0.3) is 0 Å². The molecule has 1 atom stereocenters. The highest BCUT2D eigenvalue weighted by molar-refractivity contribution is 5.99. The number of carbonyl (C=O) groups excluding carboxylic acids is 2. The van der Waals surface area contributed by atoms with Crippen LogP contribution in [0.15, 0.2) is 42.7 Å². The Morgan fingerprint density at radius 3 is 2.62 bits per heavy atom. The largest absolute Gasteiger partial charge is 0.456 e. The van der Waals surface area contributed by atoms with Gasteiger partial charge in [-0.2, -0.15) is 0 Å². The number of esters is 1. The first-order valence-electron chi connectivity index (χ1n) is 9.69. The van der Waals surface area contributed by atoms with Crippen LogP contribution in [-0.2, 0) is 16.0 Å². The maximum absolute atomic E-state index is 12.8. The first-order valence-corrected chi connectivity index (χ1v) is 9.69. The molecule has 0 saturated heterocycles. The number of ketones is 1. The number of carbonyl (C=O) groups is 2. The summed E-state index contributed by atoms with van der Waals surface area (Å²) < 4.78 is 8.95. The molecule has 1 aliphatic rings. The zero-order valence-electron chi connectivity index (χ0n) is 16.5. The number of nitrogens with zero attached hydrogens (tertiary/aromatic N) is 5. The minimum atomic E-state index is -0.737. The molecule has 1 fully saturated rings. The Morgan fingerprint density at radius 2 is 1.97 bits per heavy atom. The number of rotatable bonds is 8. The first kappa shape index (κ1) is 19.0. The topological polar surface area (TPSA) is 91.9 Å². The molecule has 2 aromatic heterocycles. The van der Waals surface area contributed by atoms with E-state index in [9.17, 15) is 9.59 Å². The van der Waals surface area contributed by atoms with Gasteiger partial charge in [-0.05, 0) is 48.7 Å². The van der Waals surface area contributed by atoms with Crippen molar-refractivity contribution in [3.63, 3.8) is 0 Å². The second-order valence-corrected chi connectivity index (χ2v) is 7.41. The van der Waals surface area contributed by atoms with E-state index in [-0.39, 0.29) is 12.4 Å². The highest BCUT2D eigenvalue weighted by Crippen LogP contribution is 2.38. The van der Waals surface area contributed by atoms with Gasteiger partial charge in [-0.1, -0.05) is 30.3 Å². The number of tetrazole rings is 1. The molecular weight excluding hydrogens is 370 g/mol. The van der Waals surface area contributed by atoms with Gasteiger partial charge in [0.1, 0.15) is 6.33 Å². The number of Topliss-reactive ketones (excluding diaryl/α,β-unsaturated/α-hetero) is 1. The Kier molecular flexibility index (Phi) is 5.24. The number of hydrogen-bond donors (Lipinski definition) is 0. The maximum Gasteiger partial charge on any atom is 0.331 e. The van der Waals surface area contributed by atoms with Crippen LogP contribution in [0.5, 0.6) is 0 Å². The van der Waals surface area contributed by atoms with E-state index in [1.165, 1.54) is 11.0 Å². The summed E-state index contributed by atoms with van der Waals surface area (Å²) in [6, 6.07) is 11.2. The summed E-state index contributed by atoms with van der Waals surface area (Å²) in [7, 11) is 0. The molecule has 0 N–H and O–H groups in total. The molecule has 1 aliphatic carbocycles. The van der Waals surface area contributed by atoms with E-state index in [1.54, 1.807) is 0 Å². The molecule has 150 valence electrons. The Morgan fingerprint density at radius 1 is 1.21 bits per heavy atom. The van der Waals surface area contributed by atoms with E-state index in [0.29, 0.717) is 18.0 Å². The van der Waals surface area contributed by atoms with Crippen LogP contribution >= 0.6 is 0 Å². The lowest BCUT2D eigenvalue weighted by atomic mass is 10.1. The number of aromatic nitrogens is 5. The van der Waals surface area contributed by atoms with Crippen molar-refractivity contribution in [2.75, 3.05) is 6.61 Å². The molecular formula is C21H23N5O3. The Bertz CT molecular complexity index is 1010. The summed E-state index contributed by atoms with van der Waals surface area (Å²) in [5.74, 6) is -0.737. The molecule has 2 heterocycles. The van der Waals surface area contributed by atoms with Gasteiger partial charge in [0.2, 0.25) is 5.78 Å². The molecule has 0 amide bonds. The van der Waals surface area contributed by atoms with Crippen molar-refractivity contribution in [3.8, 4) is 0 Å². The van der Waals surface area contributed by atoms with E-state index >= 15 is 0 Å². The molecule has 8 nitrogen and oxygen atoms in total. The third kappa shape index (κ3) is 4.11. The zero-order chi connectivity index (χ0) is 20.4. The van der Waals surface area contributed by atoms with Crippen LogP contribution < -0.4 is 0 Å². The van der Waals surface area contributed by atoms with Gasteiger partial charge in [-0.15, -0.1) is 5.10 Å². The van der Waals surface area contributed by atoms with Crippen molar-refractivity contribution in [2.45, 2.75) is 45.2 Å². The average molecular weight is 393 g/mol. The number of ether oxygens (including phenoxy) is 1. The van der Waals surface area contributed by atoms with Crippen molar-refractivity contribution in [1.82, 2.24) is 24.8 Å². The second kappa shape index (κ2) is 7.98. The molecule has 0 unspecified atom stereocenters. The lowest BCUT2D eigenvalue weighted by Gasteiger charge is -2.15. The van der Waals surface area contributed by atoms with Gasteiger partial charge in [-0.3, -0.25) is 4.79 Å². The van der Waals surface area contributed by atoms with E-state index in [1.807, 2.05) is 50.2 Å². The second-order valence-electron chi connectivity index (χ2n) is 7.41. The predicted molar refractivity (Wildman–Crippen MR) is 104 cm³/mol. The van der Waals surface area contributed by atoms with Crippen LogP contribution in [0.3, 0.4) is 0 Å². The van der Waals surface area contributed by atoms with Gasteiger partial charge in [0.15, 0.2) is 12.6 Å². The molecule has 0 aliphatic heterocycles. The van der Waals surface area contributed by atoms with E-state index in [2.05, 4.69) is 20.1 Å². The highest BCUT2D eigenvalue weighted by atomic mass is 16.5. The molecule has 0 radical (unpaired) electrons. The quantitative estimate of drug-likeness (QED) is 0.432. The predicted octanol–water partition coefficient (Wildman–Crippen LogP) is 2.64. The van der Waals surface area contributed by atoms with Crippen molar-refractivity contribution >= 4 is 11.8 Å². The molecule has 29 heavy (non-hydrogen) atoms. The third-order valence-corrected chi connectivity index (χ3v) is 5.27. The van der Waals surface area contributed by atoms with Gasteiger partial charge in [-0.25, -0.2) is 9.48 Å². The van der Waals surface area contributed by atoms with Crippen LogP contribution in [-0.4, -0.2) is 43.1 Å². The van der Waals surface area contributed by atoms with Crippen LogP contribution in [0.4, 0.5) is 0 Å². The Hall–Kier alpha value is -3.29. The van der Waals surface area contributed by atoms with Gasteiger partial charge in [0.25, 0.3) is 0 Å². The van der Waals surface area contributed by atoms with Gasteiger partial charge in [0.05, 0.1) is 0 Å². The summed E-state index contributed by atoms with van der Waals surface area (Å²) in [6.07, 6.45) is 4.03. The van der Waals surface area contributed by atoms with E-state index in [4.69, 9.17) is 4.74 Å². The average Bonchev–Trinajstić information content (AvgIpc) is 3.30. The van der Waals surface area contributed by atoms with Crippen LogP contribution in [0.1, 0.15) is 52.2 Å². The minimum Gasteiger partial charge on any atom is -0.456 e. The molecule has 4 rings (SSSR count). The Labute approximate surface area is 168 Å². The zero-order valence-corrected chi connectivity index (χ0v) is 16.5. The fourth-order valence-electron chi connectivity index (χ4n) is 3.70. The maximum atomic E-state index is 12.8. The fourth-order valence-corrected chi connectivity index (χ4v) is 3.70. The minimum absolute atomic E-state index is 0.200. The standard InChI is InChI=1S/C21H23N5O3/c1-14-10-18(15(2)26(14)17-8-9-17)20(27)12-29-21(28)19(25-13-22-23-24-25)11-16-6-4-3-5-7-16/h3-7,10,13,17,19H,8-9,11-12H2,1-2H3/t19-/m0/s1. The van der Waals surface area contributed by atoms with Crippen molar-refractivity contribution in [2.24, 2.45) is 0 Å². The molecule has 0 spiro atoms. The third-order valence-electron chi connectivity index (χ3n) is 5.27. The lowest BCUT2D eigenvalue weighted by molar-refractivity contribution is -0.146. The first-order chi connectivity index (χ1) is 14.0. The summed E-state index contributed by atoms with van der Waals surface area (Å²) >= 11 is 0. The molecule has 1 saturated carbocycles. The fraction of sp³-hybridized carbons (Fsp3) is 0.381. The van der Waals surface area contributed by atoms with E-state index < -0.39 is 12.0 Å². The van der Waals surface area contributed by atoms with Gasteiger partial charge in [0, 0.05) is 29.4 Å². The SMILES string of the molecule is Cc1cc(C(=O)COC(=O)[C@H](Cc2ccccc2)n2cnnn2)c(C)n1C1CC1.